The molecule has 0 unspecified atom stereocenters. The summed E-state index contributed by atoms with van der Waals surface area (Å²) in [5.74, 6) is 0. The predicted molar refractivity (Wildman–Crippen MR) is 126 cm³/mol. The van der Waals surface area contributed by atoms with Gasteiger partial charge >= 0.3 is 0 Å². The first-order chi connectivity index (χ1) is 13.9. The molecule has 2 rings (SSSR count). The van der Waals surface area contributed by atoms with E-state index in [9.17, 15) is 16.8 Å². The lowest BCUT2D eigenvalue weighted by molar-refractivity contribution is 0.497. The third kappa shape index (κ3) is 6.07. The zero-order chi connectivity index (χ0) is 22.7. The third-order valence-electron chi connectivity index (χ3n) is 3.72. The van der Waals surface area contributed by atoms with Gasteiger partial charge in [0.1, 0.15) is 0 Å². The number of hydrogen-bond donors (Lipinski definition) is 0. The van der Waals surface area contributed by atoms with Crippen molar-refractivity contribution in [3.63, 3.8) is 0 Å². The van der Waals surface area contributed by atoms with Crippen LogP contribution in [0, 0.1) is 0 Å². The van der Waals surface area contributed by atoms with Gasteiger partial charge < -0.3 is 0 Å². The molecule has 0 aliphatic rings. The lowest BCUT2D eigenvalue weighted by atomic mass is 10.4. The van der Waals surface area contributed by atoms with E-state index in [1.807, 2.05) is 0 Å². The number of rotatable bonds is 9. The van der Waals surface area contributed by atoms with Gasteiger partial charge in [-0.2, -0.15) is 0 Å². The van der Waals surface area contributed by atoms with Crippen LogP contribution in [0.5, 0.6) is 0 Å². The second-order valence-electron chi connectivity index (χ2n) is 6.77. The summed E-state index contributed by atoms with van der Waals surface area (Å²) in [6.45, 7) is 6.87. The van der Waals surface area contributed by atoms with Gasteiger partial charge in [-0.3, -0.25) is 0 Å². The van der Waals surface area contributed by atoms with E-state index in [-0.39, 0.29) is 9.79 Å². The number of hydrogen-bond acceptors (Lipinski definition) is 6. The summed E-state index contributed by atoms with van der Waals surface area (Å²) in [7, 11) is -6.06. The second-order valence-corrected chi connectivity index (χ2v) is 13.7. The maximum Gasteiger partial charge on any atom is 0.253 e. The molecule has 0 atom stereocenters. The minimum Gasteiger partial charge on any atom is -0.206 e. The van der Waals surface area contributed by atoms with Crippen LogP contribution in [0.25, 0.3) is 0 Å². The second kappa shape index (κ2) is 10.4. The van der Waals surface area contributed by atoms with Crippen molar-refractivity contribution in [3.05, 3.63) is 58.6 Å². The predicted octanol–water partition coefficient (Wildman–Crippen LogP) is 5.70. The fourth-order valence-corrected chi connectivity index (χ4v) is 10.0. The topological polar surface area (TPSA) is 74.8 Å². The van der Waals surface area contributed by atoms with E-state index in [1.165, 1.54) is 56.0 Å². The molecule has 0 amide bonds. The number of nitrogens with zero attached hydrogens (tertiary/aromatic N) is 2. The average molecular weight is 530 g/mol. The molecule has 2 aromatic rings. The minimum atomic E-state index is -3.88. The summed E-state index contributed by atoms with van der Waals surface area (Å²) in [6.07, 6.45) is 0. The molecule has 0 spiro atoms. The van der Waals surface area contributed by atoms with Gasteiger partial charge in [-0.1, -0.05) is 23.2 Å². The van der Waals surface area contributed by atoms with Crippen LogP contribution in [0.2, 0.25) is 10.0 Å². The minimum absolute atomic E-state index is 0.0744. The third-order valence-corrected chi connectivity index (χ3v) is 12.3. The molecule has 0 radical (unpaired) electrons. The first-order valence-electron chi connectivity index (χ1n) is 8.82. The van der Waals surface area contributed by atoms with Crippen molar-refractivity contribution in [2.45, 2.75) is 49.6 Å². The van der Waals surface area contributed by atoms with E-state index >= 15 is 0 Å². The molecule has 6 nitrogen and oxygen atoms in total. The highest BCUT2D eigenvalue weighted by Gasteiger charge is 2.33. The van der Waals surface area contributed by atoms with E-state index in [0.29, 0.717) is 10.0 Å². The molecule has 0 saturated heterocycles. The average Bonchev–Trinajstić information content (AvgIpc) is 2.64. The van der Waals surface area contributed by atoms with Gasteiger partial charge in [0.25, 0.3) is 20.0 Å². The van der Waals surface area contributed by atoms with E-state index in [2.05, 4.69) is 0 Å². The molecule has 0 fully saturated rings. The van der Waals surface area contributed by atoms with Crippen molar-refractivity contribution in [1.29, 1.82) is 0 Å². The molecular formula is C18H22Cl2N2O4S4. The molecule has 0 N–H and O–H groups in total. The molecule has 12 heteroatoms. The Morgan fingerprint density at radius 3 is 1.13 bits per heavy atom. The molecule has 0 heterocycles. The van der Waals surface area contributed by atoms with Gasteiger partial charge in [-0.05, 0) is 76.2 Å². The van der Waals surface area contributed by atoms with Crippen LogP contribution in [-0.4, -0.2) is 36.3 Å². The Morgan fingerprint density at radius 1 is 0.633 bits per heavy atom. The van der Waals surface area contributed by atoms with Crippen molar-refractivity contribution in [2.75, 3.05) is 0 Å². The molecule has 30 heavy (non-hydrogen) atoms. The quantitative estimate of drug-likeness (QED) is 0.306. The van der Waals surface area contributed by atoms with Crippen LogP contribution in [0.4, 0.5) is 0 Å². The summed E-state index contributed by atoms with van der Waals surface area (Å²) in [4.78, 5) is 0.149. The van der Waals surface area contributed by atoms with Gasteiger partial charge in [0.05, 0.1) is 9.79 Å². The Kier molecular flexibility index (Phi) is 8.98. The SMILES string of the molecule is CC(C)N(SSN(C(C)C)S(=O)(=O)c1ccc(Cl)cc1)S(=O)(=O)c1ccc(Cl)cc1. The monoisotopic (exact) mass is 528 g/mol. The maximum absolute atomic E-state index is 13.1. The summed E-state index contributed by atoms with van der Waals surface area (Å²) < 4.78 is 54.7. The first kappa shape index (κ1) is 25.8. The number of benzene rings is 2. The Balaban J connectivity index is 2.32. The fourth-order valence-electron chi connectivity index (χ4n) is 2.29. The van der Waals surface area contributed by atoms with E-state index < -0.39 is 32.1 Å². The van der Waals surface area contributed by atoms with Crippen molar-refractivity contribution in [3.8, 4) is 0 Å². The lowest BCUT2D eigenvalue weighted by Crippen LogP contribution is -2.34. The molecule has 0 bridgehead atoms. The Morgan fingerprint density at radius 2 is 0.900 bits per heavy atom. The molecule has 0 aliphatic carbocycles. The van der Waals surface area contributed by atoms with Crippen molar-refractivity contribution in [1.82, 2.24) is 7.42 Å². The fraction of sp³-hybridized carbons (Fsp3) is 0.333. The molecule has 0 aromatic heterocycles. The molecule has 166 valence electrons. The van der Waals surface area contributed by atoms with Crippen molar-refractivity contribution < 1.29 is 16.8 Å². The first-order valence-corrected chi connectivity index (χ1v) is 14.5. The van der Waals surface area contributed by atoms with Crippen LogP contribution in [0.15, 0.2) is 58.3 Å². The Hall–Kier alpha value is -0.460. The molecule has 0 aliphatic heterocycles. The lowest BCUT2D eigenvalue weighted by Gasteiger charge is -2.28. The van der Waals surface area contributed by atoms with Crippen LogP contribution in [-0.2, 0) is 20.0 Å². The maximum atomic E-state index is 13.1. The largest absolute Gasteiger partial charge is 0.253 e. The normalized spacial score (nSPS) is 13.0. The number of halogens is 2. The standard InChI is InChI=1S/C18H22Cl2N2O4S4/c1-13(2)21(29(23,24)17-9-5-15(19)6-10-17)27-28-22(14(3)4)30(25,26)18-11-7-16(20)8-12-18/h5-14H,1-4H3. The van der Waals surface area contributed by atoms with Gasteiger partial charge in [0.15, 0.2) is 0 Å². The number of sulfonamides is 2. The molecular weight excluding hydrogens is 507 g/mol. The Bertz CT molecular complexity index is 971. The highest BCUT2D eigenvalue weighted by atomic mass is 35.5. The van der Waals surface area contributed by atoms with E-state index in [4.69, 9.17) is 23.2 Å². The summed E-state index contributed by atoms with van der Waals surface area (Å²) in [5.41, 5.74) is 0. The van der Waals surface area contributed by atoms with Gasteiger partial charge in [-0.15, -0.1) is 7.42 Å². The van der Waals surface area contributed by atoms with Crippen molar-refractivity contribution >= 4 is 65.2 Å². The molecule has 0 saturated carbocycles. The zero-order valence-electron chi connectivity index (χ0n) is 16.7. The highest BCUT2D eigenvalue weighted by molar-refractivity contribution is 8.76. The van der Waals surface area contributed by atoms with Crippen molar-refractivity contribution in [2.24, 2.45) is 0 Å². The Labute approximate surface area is 196 Å². The molecule has 2 aromatic carbocycles. The highest BCUT2D eigenvalue weighted by Crippen LogP contribution is 2.40. The van der Waals surface area contributed by atoms with E-state index in [0.717, 1.165) is 22.0 Å². The van der Waals surface area contributed by atoms with Gasteiger partial charge in [-0.25, -0.2) is 16.8 Å². The van der Waals surface area contributed by atoms with E-state index in [1.54, 1.807) is 27.7 Å². The van der Waals surface area contributed by atoms with Gasteiger partial charge in [0.2, 0.25) is 0 Å². The van der Waals surface area contributed by atoms with Crippen LogP contribution >= 0.6 is 45.2 Å². The summed E-state index contributed by atoms with van der Waals surface area (Å²) in [6, 6.07) is 10.8. The summed E-state index contributed by atoms with van der Waals surface area (Å²) >= 11 is 11.7. The van der Waals surface area contributed by atoms with Crippen LogP contribution in [0.1, 0.15) is 27.7 Å². The smallest absolute Gasteiger partial charge is 0.206 e. The van der Waals surface area contributed by atoms with Gasteiger partial charge in [0, 0.05) is 44.1 Å². The van der Waals surface area contributed by atoms with Crippen LogP contribution in [0.3, 0.4) is 0 Å². The summed E-state index contributed by atoms with van der Waals surface area (Å²) in [5, 5.41) is 0.847. The van der Waals surface area contributed by atoms with Crippen LogP contribution < -0.4 is 0 Å². The zero-order valence-corrected chi connectivity index (χ0v) is 21.5.